The molecule has 1 aliphatic carbocycles. The van der Waals surface area contributed by atoms with Gasteiger partial charge in [0.05, 0.1) is 24.8 Å². The summed E-state index contributed by atoms with van der Waals surface area (Å²) >= 11 is 6.28. The minimum Gasteiger partial charge on any atom is -0.489 e. The molecule has 5 nitrogen and oxygen atoms in total. The van der Waals surface area contributed by atoms with Crippen molar-refractivity contribution in [3.05, 3.63) is 22.7 Å². The summed E-state index contributed by atoms with van der Waals surface area (Å²) in [5.41, 5.74) is 1.01. The minimum atomic E-state index is 0.0745. The van der Waals surface area contributed by atoms with Gasteiger partial charge in [0.2, 0.25) is 5.91 Å². The number of fused-ring (bicyclic) bond motifs is 1. The van der Waals surface area contributed by atoms with Crippen molar-refractivity contribution in [3.63, 3.8) is 0 Å². The number of hydrogen-bond acceptors (Lipinski definition) is 4. The highest BCUT2D eigenvalue weighted by Gasteiger charge is 2.23. The highest BCUT2D eigenvalue weighted by atomic mass is 35.5. The number of carbonyl (C=O) groups is 1. The van der Waals surface area contributed by atoms with E-state index >= 15 is 0 Å². The van der Waals surface area contributed by atoms with E-state index in [0.29, 0.717) is 48.9 Å². The van der Waals surface area contributed by atoms with Crippen molar-refractivity contribution < 1.29 is 14.3 Å². The first-order valence-electron chi connectivity index (χ1n) is 7.68. The van der Waals surface area contributed by atoms with Crippen molar-refractivity contribution in [2.24, 2.45) is 0 Å². The Morgan fingerprint density at radius 2 is 2.14 bits per heavy atom. The molecule has 6 heteroatoms. The maximum absolute atomic E-state index is 11.8. The van der Waals surface area contributed by atoms with Crippen molar-refractivity contribution in [2.45, 2.75) is 31.8 Å². The first-order valence-corrected chi connectivity index (χ1v) is 8.05. The van der Waals surface area contributed by atoms with E-state index in [9.17, 15) is 4.79 Å². The van der Waals surface area contributed by atoms with E-state index in [1.807, 2.05) is 24.1 Å². The number of likely N-dealkylation sites (N-methyl/N-ethyl adjacent to an activating group) is 1. The monoisotopic (exact) mass is 324 g/mol. The molecule has 1 heterocycles. The molecule has 0 spiro atoms. The fourth-order valence-corrected chi connectivity index (χ4v) is 2.78. The molecule has 120 valence electrons. The fourth-order valence-electron chi connectivity index (χ4n) is 2.49. The van der Waals surface area contributed by atoms with Crippen LogP contribution in [-0.4, -0.2) is 43.7 Å². The number of amides is 1. The number of carbonyl (C=O) groups excluding carboxylic acids is 1. The molecule has 1 N–H and O–H groups in total. The summed E-state index contributed by atoms with van der Waals surface area (Å²) in [6, 6.07) is 4.22. The second-order valence-electron chi connectivity index (χ2n) is 5.97. The van der Waals surface area contributed by atoms with Gasteiger partial charge >= 0.3 is 0 Å². The van der Waals surface area contributed by atoms with Gasteiger partial charge in [0.15, 0.2) is 11.5 Å². The fraction of sp³-hybridized carbons (Fsp3) is 0.562. The molecule has 1 aliphatic heterocycles. The number of rotatable bonds is 5. The lowest BCUT2D eigenvalue weighted by Crippen LogP contribution is -2.35. The summed E-state index contributed by atoms with van der Waals surface area (Å²) in [7, 11) is 1.92. The topological polar surface area (TPSA) is 50.8 Å². The molecule has 0 bridgehead atoms. The zero-order chi connectivity index (χ0) is 15.5. The van der Waals surface area contributed by atoms with Gasteiger partial charge < -0.3 is 14.8 Å². The third-order valence-corrected chi connectivity index (χ3v) is 3.95. The third-order valence-electron chi connectivity index (χ3n) is 3.67. The summed E-state index contributed by atoms with van der Waals surface area (Å²) in [4.78, 5) is 13.8. The quantitative estimate of drug-likeness (QED) is 0.902. The van der Waals surface area contributed by atoms with Gasteiger partial charge in [-0.15, -0.1) is 0 Å². The third kappa shape index (κ3) is 4.05. The highest BCUT2D eigenvalue weighted by Crippen LogP contribution is 2.38. The molecule has 0 saturated heterocycles. The normalized spacial score (nSPS) is 17.2. The molecule has 1 aromatic carbocycles. The molecular weight excluding hydrogens is 304 g/mol. The van der Waals surface area contributed by atoms with Gasteiger partial charge in [0.1, 0.15) is 0 Å². The summed E-state index contributed by atoms with van der Waals surface area (Å²) in [5.74, 6) is 1.39. The molecule has 2 aliphatic rings. The van der Waals surface area contributed by atoms with Gasteiger partial charge in [-0.2, -0.15) is 0 Å². The van der Waals surface area contributed by atoms with Crippen LogP contribution in [0, 0.1) is 0 Å². The Kier molecular flexibility index (Phi) is 4.74. The van der Waals surface area contributed by atoms with Crippen LogP contribution in [0.15, 0.2) is 12.1 Å². The first-order chi connectivity index (χ1) is 10.6. The van der Waals surface area contributed by atoms with Gasteiger partial charge in [-0.3, -0.25) is 9.69 Å². The van der Waals surface area contributed by atoms with E-state index in [0.717, 1.165) is 24.8 Å². The molecular formula is C16H21ClN2O3. The smallest absolute Gasteiger partial charge is 0.234 e. The molecule has 0 aromatic heterocycles. The molecule has 0 atom stereocenters. The van der Waals surface area contributed by atoms with Gasteiger partial charge in [0.25, 0.3) is 0 Å². The Bertz CT molecular complexity index is 561. The molecule has 0 unspecified atom stereocenters. The summed E-state index contributed by atoms with van der Waals surface area (Å²) in [5, 5.41) is 3.55. The first kappa shape index (κ1) is 15.4. The second kappa shape index (κ2) is 6.75. The SMILES string of the molecule is CN(CC(=O)NC1CC1)Cc1cc(Cl)c2c(c1)OCCCO2. The average Bonchev–Trinajstić information content (AvgIpc) is 3.25. The van der Waals surface area contributed by atoms with Gasteiger partial charge in [-0.25, -0.2) is 0 Å². The van der Waals surface area contributed by atoms with Crippen LogP contribution in [0.5, 0.6) is 11.5 Å². The van der Waals surface area contributed by atoms with E-state index in [-0.39, 0.29) is 5.91 Å². The van der Waals surface area contributed by atoms with Crippen LogP contribution >= 0.6 is 11.6 Å². The number of hydrogen-bond donors (Lipinski definition) is 1. The predicted octanol–water partition coefficient (Wildman–Crippen LogP) is 2.21. The molecule has 22 heavy (non-hydrogen) atoms. The lowest BCUT2D eigenvalue weighted by Gasteiger charge is -2.18. The van der Waals surface area contributed by atoms with Gasteiger partial charge in [-0.1, -0.05) is 11.6 Å². The molecule has 1 aromatic rings. The lowest BCUT2D eigenvalue weighted by atomic mass is 10.2. The molecule has 1 saturated carbocycles. The zero-order valence-electron chi connectivity index (χ0n) is 12.7. The van der Waals surface area contributed by atoms with Crippen molar-refractivity contribution in [1.82, 2.24) is 10.2 Å². The Balaban J connectivity index is 1.62. The summed E-state index contributed by atoms with van der Waals surface area (Å²) < 4.78 is 11.3. The number of nitrogens with one attached hydrogen (secondary N) is 1. The number of nitrogens with zero attached hydrogens (tertiary/aromatic N) is 1. The van der Waals surface area contributed by atoms with Crippen LogP contribution in [0.1, 0.15) is 24.8 Å². The van der Waals surface area contributed by atoms with Crippen molar-refractivity contribution in [2.75, 3.05) is 26.8 Å². The van der Waals surface area contributed by atoms with Crippen LogP contribution < -0.4 is 14.8 Å². The van der Waals surface area contributed by atoms with Crippen LogP contribution in [0.3, 0.4) is 0 Å². The Morgan fingerprint density at radius 3 is 2.91 bits per heavy atom. The number of ether oxygens (including phenoxy) is 2. The van der Waals surface area contributed by atoms with Crippen molar-refractivity contribution in [1.29, 1.82) is 0 Å². The zero-order valence-corrected chi connectivity index (χ0v) is 13.5. The molecule has 3 rings (SSSR count). The molecule has 0 radical (unpaired) electrons. The number of halogens is 1. The van der Waals surface area contributed by atoms with Gasteiger partial charge in [-0.05, 0) is 37.6 Å². The van der Waals surface area contributed by atoms with Crippen molar-refractivity contribution in [3.8, 4) is 11.5 Å². The van der Waals surface area contributed by atoms with E-state index < -0.39 is 0 Å². The van der Waals surface area contributed by atoms with Crippen LogP contribution in [-0.2, 0) is 11.3 Å². The Hall–Kier alpha value is -1.46. The number of benzene rings is 1. The Morgan fingerprint density at radius 1 is 1.36 bits per heavy atom. The van der Waals surface area contributed by atoms with E-state index in [2.05, 4.69) is 5.32 Å². The predicted molar refractivity (Wildman–Crippen MR) is 84.6 cm³/mol. The van der Waals surface area contributed by atoms with Gasteiger partial charge in [0, 0.05) is 19.0 Å². The average molecular weight is 325 g/mol. The van der Waals surface area contributed by atoms with Crippen LogP contribution in [0.25, 0.3) is 0 Å². The molecule has 1 amide bonds. The summed E-state index contributed by atoms with van der Waals surface area (Å²) in [6.45, 7) is 2.26. The van der Waals surface area contributed by atoms with E-state index in [4.69, 9.17) is 21.1 Å². The van der Waals surface area contributed by atoms with Crippen molar-refractivity contribution >= 4 is 17.5 Å². The lowest BCUT2D eigenvalue weighted by molar-refractivity contribution is -0.122. The Labute approximate surface area is 135 Å². The molecule has 1 fully saturated rings. The van der Waals surface area contributed by atoms with E-state index in [1.54, 1.807) is 0 Å². The largest absolute Gasteiger partial charge is 0.489 e. The van der Waals surface area contributed by atoms with Crippen LogP contribution in [0.2, 0.25) is 5.02 Å². The second-order valence-corrected chi connectivity index (χ2v) is 6.38. The maximum Gasteiger partial charge on any atom is 0.234 e. The maximum atomic E-state index is 11.8. The minimum absolute atomic E-state index is 0.0745. The summed E-state index contributed by atoms with van der Waals surface area (Å²) in [6.07, 6.45) is 3.06. The highest BCUT2D eigenvalue weighted by molar-refractivity contribution is 6.32. The standard InChI is InChI=1S/C16H21ClN2O3/c1-19(10-15(20)18-12-3-4-12)9-11-7-13(17)16-14(8-11)21-5-2-6-22-16/h7-8,12H,2-6,9-10H2,1H3,(H,18,20). The van der Waals surface area contributed by atoms with Crippen LogP contribution in [0.4, 0.5) is 0 Å². The van der Waals surface area contributed by atoms with E-state index in [1.165, 1.54) is 0 Å².